The average molecular weight is 342 g/mol. The molecule has 1 saturated carbocycles. The van der Waals surface area contributed by atoms with Crippen LogP contribution >= 0.6 is 15.9 Å². The summed E-state index contributed by atoms with van der Waals surface area (Å²) in [5.41, 5.74) is 7.37. The Balaban J connectivity index is 2.07. The predicted molar refractivity (Wildman–Crippen MR) is 84.6 cm³/mol. The van der Waals surface area contributed by atoms with Gasteiger partial charge in [0.1, 0.15) is 0 Å². The average Bonchev–Trinajstić information content (AvgIpc) is 2.49. The number of benzene rings is 1. The number of ether oxygens (including phenoxy) is 2. The van der Waals surface area contributed by atoms with E-state index < -0.39 is 0 Å². The Kier molecular flexibility index (Phi) is 5.61. The molecule has 3 nitrogen and oxygen atoms in total. The fourth-order valence-electron chi connectivity index (χ4n) is 3.31. The van der Waals surface area contributed by atoms with Gasteiger partial charge in [-0.05, 0) is 48.9 Å². The Bertz CT molecular complexity index is 424. The Hall–Kier alpha value is -0.420. The number of rotatable bonds is 5. The molecule has 1 aromatic carbocycles. The fourth-order valence-corrected chi connectivity index (χ4v) is 3.73. The summed E-state index contributed by atoms with van der Waals surface area (Å²) in [5.74, 6) is 0.638. The standard InChI is InChI=1S/C16H24BrNO2/c1-19-16(20-2)8-6-12(7-9-16)15(11-18)13-4-3-5-14(17)10-13/h3-5,10,12,15H,6-9,11,18H2,1-2H3. The van der Waals surface area contributed by atoms with Crippen LogP contribution < -0.4 is 5.73 Å². The van der Waals surface area contributed by atoms with E-state index in [9.17, 15) is 0 Å². The molecular formula is C16H24BrNO2. The summed E-state index contributed by atoms with van der Waals surface area (Å²) in [6.45, 7) is 0.689. The van der Waals surface area contributed by atoms with Gasteiger partial charge in [0.2, 0.25) is 0 Å². The highest BCUT2D eigenvalue weighted by molar-refractivity contribution is 9.10. The molecular weight excluding hydrogens is 318 g/mol. The minimum absolute atomic E-state index is 0.382. The van der Waals surface area contributed by atoms with E-state index in [2.05, 4.69) is 40.2 Å². The minimum atomic E-state index is -0.382. The van der Waals surface area contributed by atoms with Crippen molar-refractivity contribution in [3.05, 3.63) is 34.3 Å². The fraction of sp³-hybridized carbons (Fsp3) is 0.625. The van der Waals surface area contributed by atoms with Gasteiger partial charge >= 0.3 is 0 Å². The highest BCUT2D eigenvalue weighted by Crippen LogP contribution is 2.41. The number of methoxy groups -OCH3 is 2. The van der Waals surface area contributed by atoms with Gasteiger partial charge in [-0.3, -0.25) is 0 Å². The van der Waals surface area contributed by atoms with Crippen LogP contribution in [0, 0.1) is 5.92 Å². The summed E-state index contributed by atoms with van der Waals surface area (Å²) >= 11 is 3.54. The summed E-state index contributed by atoms with van der Waals surface area (Å²) in [5, 5.41) is 0. The lowest BCUT2D eigenvalue weighted by atomic mass is 9.75. The largest absolute Gasteiger partial charge is 0.353 e. The Morgan fingerprint density at radius 1 is 1.30 bits per heavy atom. The van der Waals surface area contributed by atoms with Gasteiger partial charge in [0.15, 0.2) is 5.79 Å². The number of nitrogens with two attached hydrogens (primary N) is 1. The molecule has 1 aromatic rings. The molecule has 1 fully saturated rings. The monoisotopic (exact) mass is 341 g/mol. The van der Waals surface area contributed by atoms with E-state index in [1.165, 1.54) is 5.56 Å². The van der Waals surface area contributed by atoms with Gasteiger partial charge in [0, 0.05) is 31.5 Å². The molecule has 0 saturated heterocycles. The highest BCUT2D eigenvalue weighted by Gasteiger charge is 2.37. The van der Waals surface area contributed by atoms with Crippen molar-refractivity contribution in [3.63, 3.8) is 0 Å². The number of halogens is 1. The van der Waals surface area contributed by atoms with Gasteiger partial charge in [-0.2, -0.15) is 0 Å². The molecule has 4 heteroatoms. The molecule has 2 N–H and O–H groups in total. The van der Waals surface area contributed by atoms with Crippen LogP contribution in [0.15, 0.2) is 28.7 Å². The van der Waals surface area contributed by atoms with Gasteiger partial charge in [0.25, 0.3) is 0 Å². The summed E-state index contributed by atoms with van der Waals surface area (Å²) in [7, 11) is 3.47. The maximum absolute atomic E-state index is 6.04. The quantitative estimate of drug-likeness (QED) is 0.831. The lowest BCUT2D eigenvalue weighted by molar-refractivity contribution is -0.228. The lowest BCUT2D eigenvalue weighted by Crippen LogP contribution is -2.39. The van der Waals surface area contributed by atoms with Crippen LogP contribution in [0.25, 0.3) is 0 Å². The molecule has 1 aliphatic rings. The third-order valence-corrected chi connectivity index (χ3v) is 5.13. The SMILES string of the molecule is COC1(OC)CCC(C(CN)c2cccc(Br)c2)CC1. The molecule has 1 aliphatic carbocycles. The third-order valence-electron chi connectivity index (χ3n) is 4.64. The molecule has 2 rings (SSSR count). The van der Waals surface area contributed by atoms with Crippen molar-refractivity contribution in [2.24, 2.45) is 11.7 Å². The van der Waals surface area contributed by atoms with Gasteiger partial charge in [-0.1, -0.05) is 28.1 Å². The molecule has 112 valence electrons. The molecule has 0 heterocycles. The Labute approximate surface area is 130 Å². The zero-order valence-corrected chi connectivity index (χ0v) is 13.9. The second-order valence-electron chi connectivity index (χ2n) is 5.55. The van der Waals surface area contributed by atoms with Gasteiger partial charge in [-0.15, -0.1) is 0 Å². The van der Waals surface area contributed by atoms with Crippen LogP contribution in [-0.2, 0) is 9.47 Å². The lowest BCUT2D eigenvalue weighted by Gasteiger charge is -2.40. The van der Waals surface area contributed by atoms with Crippen molar-refractivity contribution in [1.29, 1.82) is 0 Å². The van der Waals surface area contributed by atoms with Crippen molar-refractivity contribution in [2.45, 2.75) is 37.4 Å². The predicted octanol–water partition coefficient (Wildman–Crippen LogP) is 3.67. The van der Waals surface area contributed by atoms with Crippen molar-refractivity contribution < 1.29 is 9.47 Å². The first-order valence-corrected chi connectivity index (χ1v) is 7.99. The molecule has 0 radical (unpaired) electrons. The Morgan fingerprint density at radius 3 is 2.45 bits per heavy atom. The zero-order chi connectivity index (χ0) is 14.6. The molecule has 20 heavy (non-hydrogen) atoms. The van der Waals surface area contributed by atoms with E-state index in [0.29, 0.717) is 18.4 Å². The minimum Gasteiger partial charge on any atom is -0.353 e. The maximum atomic E-state index is 6.04. The normalized spacial score (nSPS) is 20.8. The first-order valence-electron chi connectivity index (χ1n) is 7.20. The second-order valence-corrected chi connectivity index (χ2v) is 6.47. The van der Waals surface area contributed by atoms with Crippen molar-refractivity contribution in [1.82, 2.24) is 0 Å². The molecule has 1 atom stereocenters. The third kappa shape index (κ3) is 3.42. The maximum Gasteiger partial charge on any atom is 0.167 e. The van der Waals surface area contributed by atoms with E-state index in [1.54, 1.807) is 14.2 Å². The van der Waals surface area contributed by atoms with Crippen LogP contribution in [0.3, 0.4) is 0 Å². The molecule has 1 unspecified atom stereocenters. The van der Waals surface area contributed by atoms with Crippen molar-refractivity contribution in [3.8, 4) is 0 Å². The van der Waals surface area contributed by atoms with E-state index in [4.69, 9.17) is 15.2 Å². The number of hydrogen-bond donors (Lipinski definition) is 1. The Morgan fingerprint density at radius 2 is 1.95 bits per heavy atom. The van der Waals surface area contributed by atoms with Gasteiger partial charge in [-0.25, -0.2) is 0 Å². The van der Waals surface area contributed by atoms with E-state index in [1.807, 2.05) is 0 Å². The van der Waals surface area contributed by atoms with Crippen LogP contribution in [-0.4, -0.2) is 26.6 Å². The van der Waals surface area contributed by atoms with Crippen LogP contribution in [0.2, 0.25) is 0 Å². The topological polar surface area (TPSA) is 44.5 Å². The molecule has 0 amide bonds. The van der Waals surface area contributed by atoms with Crippen LogP contribution in [0.5, 0.6) is 0 Å². The second kappa shape index (κ2) is 7.03. The summed E-state index contributed by atoms with van der Waals surface area (Å²) in [6.07, 6.45) is 4.07. The van der Waals surface area contributed by atoms with E-state index in [0.717, 1.165) is 30.2 Å². The van der Waals surface area contributed by atoms with E-state index in [-0.39, 0.29) is 5.79 Å². The first kappa shape index (κ1) is 16.0. The molecule has 0 bridgehead atoms. The summed E-state index contributed by atoms with van der Waals surface area (Å²) < 4.78 is 12.2. The highest BCUT2D eigenvalue weighted by atomic mass is 79.9. The van der Waals surface area contributed by atoms with Gasteiger partial charge in [0.05, 0.1) is 0 Å². The van der Waals surface area contributed by atoms with Crippen LogP contribution in [0.4, 0.5) is 0 Å². The zero-order valence-electron chi connectivity index (χ0n) is 12.3. The van der Waals surface area contributed by atoms with Gasteiger partial charge < -0.3 is 15.2 Å². The smallest absolute Gasteiger partial charge is 0.167 e. The molecule has 0 aliphatic heterocycles. The molecule has 0 spiro atoms. The molecule has 0 aromatic heterocycles. The summed E-state index contributed by atoms with van der Waals surface area (Å²) in [4.78, 5) is 0. The van der Waals surface area contributed by atoms with Crippen molar-refractivity contribution >= 4 is 15.9 Å². The summed E-state index contributed by atoms with van der Waals surface area (Å²) in [6, 6.07) is 8.50. The van der Waals surface area contributed by atoms with Crippen LogP contribution in [0.1, 0.15) is 37.2 Å². The first-order chi connectivity index (χ1) is 9.64. The van der Waals surface area contributed by atoms with Crippen molar-refractivity contribution in [2.75, 3.05) is 20.8 Å². The number of hydrogen-bond acceptors (Lipinski definition) is 3. The van der Waals surface area contributed by atoms with E-state index >= 15 is 0 Å².